The monoisotopic (exact) mass is 294 g/mol. The van der Waals surface area contributed by atoms with Gasteiger partial charge in [-0.3, -0.25) is 9.69 Å². The highest BCUT2D eigenvalue weighted by molar-refractivity contribution is 5.76. The third-order valence-corrected chi connectivity index (χ3v) is 3.96. The maximum absolute atomic E-state index is 12.2. The predicted molar refractivity (Wildman–Crippen MR) is 80.9 cm³/mol. The molecule has 1 unspecified atom stereocenters. The Morgan fingerprint density at radius 3 is 2.67 bits per heavy atom. The van der Waals surface area contributed by atoms with Crippen LogP contribution >= 0.6 is 0 Å². The molecule has 0 saturated carbocycles. The van der Waals surface area contributed by atoms with Crippen molar-refractivity contribution in [2.75, 3.05) is 32.7 Å². The highest BCUT2D eigenvalue weighted by Gasteiger charge is 2.21. The molecule has 1 aliphatic heterocycles. The summed E-state index contributed by atoms with van der Waals surface area (Å²) in [4.78, 5) is 20.5. The summed E-state index contributed by atoms with van der Waals surface area (Å²) in [6.07, 6.45) is 4.89. The first-order valence-electron chi connectivity index (χ1n) is 7.72. The van der Waals surface area contributed by atoms with Crippen molar-refractivity contribution in [3.05, 3.63) is 18.2 Å². The second kappa shape index (κ2) is 7.56. The molecule has 6 heteroatoms. The minimum atomic E-state index is -0.300. The van der Waals surface area contributed by atoms with Crippen LogP contribution in [-0.4, -0.2) is 69.2 Å². The van der Waals surface area contributed by atoms with E-state index in [-0.39, 0.29) is 12.0 Å². The van der Waals surface area contributed by atoms with Gasteiger partial charge in [-0.1, -0.05) is 0 Å². The van der Waals surface area contributed by atoms with Gasteiger partial charge in [-0.15, -0.1) is 0 Å². The fourth-order valence-electron chi connectivity index (χ4n) is 2.75. The van der Waals surface area contributed by atoms with E-state index in [1.165, 1.54) is 0 Å². The Balaban J connectivity index is 1.67. The molecule has 1 aliphatic rings. The SMILES string of the molecule is Cc1nccn1CCCC(=O)N1CCN(CC(C)O)CC1. The van der Waals surface area contributed by atoms with Gasteiger partial charge in [0, 0.05) is 58.1 Å². The van der Waals surface area contributed by atoms with Crippen LogP contribution in [0.25, 0.3) is 0 Å². The maximum atomic E-state index is 12.2. The van der Waals surface area contributed by atoms with E-state index in [1.807, 2.05) is 18.0 Å². The molecule has 1 atom stereocenters. The van der Waals surface area contributed by atoms with Gasteiger partial charge in [-0.05, 0) is 20.3 Å². The number of piperazine rings is 1. The summed E-state index contributed by atoms with van der Waals surface area (Å²) in [5.74, 6) is 1.23. The lowest BCUT2D eigenvalue weighted by atomic mass is 10.2. The summed E-state index contributed by atoms with van der Waals surface area (Å²) < 4.78 is 2.08. The average molecular weight is 294 g/mol. The average Bonchev–Trinajstić information content (AvgIpc) is 2.84. The summed E-state index contributed by atoms with van der Waals surface area (Å²) in [5, 5.41) is 9.38. The second-order valence-electron chi connectivity index (χ2n) is 5.80. The molecule has 1 aromatic rings. The van der Waals surface area contributed by atoms with Crippen molar-refractivity contribution in [2.24, 2.45) is 0 Å². The number of carbonyl (C=O) groups excluding carboxylic acids is 1. The lowest BCUT2D eigenvalue weighted by Crippen LogP contribution is -2.50. The van der Waals surface area contributed by atoms with Crippen LogP contribution < -0.4 is 0 Å². The molecule has 1 saturated heterocycles. The Labute approximate surface area is 126 Å². The zero-order valence-electron chi connectivity index (χ0n) is 13.0. The molecule has 0 bridgehead atoms. The third kappa shape index (κ3) is 4.82. The van der Waals surface area contributed by atoms with Crippen LogP contribution in [0.5, 0.6) is 0 Å². The molecule has 1 fully saturated rings. The van der Waals surface area contributed by atoms with Crippen molar-refractivity contribution in [3.63, 3.8) is 0 Å². The first-order chi connectivity index (χ1) is 10.1. The van der Waals surface area contributed by atoms with Crippen molar-refractivity contribution in [1.82, 2.24) is 19.4 Å². The Morgan fingerprint density at radius 2 is 2.10 bits per heavy atom. The number of carbonyl (C=O) groups is 1. The summed E-state index contributed by atoms with van der Waals surface area (Å²) in [6.45, 7) is 8.58. The fourth-order valence-corrected chi connectivity index (χ4v) is 2.75. The van der Waals surface area contributed by atoms with Crippen molar-refractivity contribution in [1.29, 1.82) is 0 Å². The quantitative estimate of drug-likeness (QED) is 0.830. The lowest BCUT2D eigenvalue weighted by Gasteiger charge is -2.35. The number of aliphatic hydroxyl groups excluding tert-OH is 1. The number of amides is 1. The normalized spacial score (nSPS) is 18.0. The summed E-state index contributed by atoms with van der Waals surface area (Å²) >= 11 is 0. The molecule has 118 valence electrons. The predicted octanol–water partition coefficient (Wildman–Crippen LogP) is 0.497. The lowest BCUT2D eigenvalue weighted by molar-refractivity contribution is -0.133. The van der Waals surface area contributed by atoms with E-state index in [0.717, 1.165) is 45.0 Å². The Morgan fingerprint density at radius 1 is 1.38 bits per heavy atom. The van der Waals surface area contributed by atoms with Gasteiger partial charge in [0.05, 0.1) is 6.10 Å². The molecule has 0 aromatic carbocycles. The van der Waals surface area contributed by atoms with Crippen LogP contribution in [0, 0.1) is 6.92 Å². The molecular weight excluding hydrogens is 268 g/mol. The van der Waals surface area contributed by atoms with Gasteiger partial charge in [-0.25, -0.2) is 4.98 Å². The Kier molecular flexibility index (Phi) is 5.76. The molecule has 6 nitrogen and oxygen atoms in total. The molecule has 1 aromatic heterocycles. The molecule has 1 N–H and O–H groups in total. The summed E-state index contributed by atoms with van der Waals surface area (Å²) in [7, 11) is 0. The van der Waals surface area contributed by atoms with E-state index in [4.69, 9.17) is 0 Å². The van der Waals surface area contributed by atoms with Crippen molar-refractivity contribution in [2.45, 2.75) is 39.3 Å². The second-order valence-corrected chi connectivity index (χ2v) is 5.80. The van der Waals surface area contributed by atoms with Crippen LogP contribution in [0.3, 0.4) is 0 Å². The minimum absolute atomic E-state index is 0.240. The van der Waals surface area contributed by atoms with Gasteiger partial charge in [0.1, 0.15) is 5.82 Å². The summed E-state index contributed by atoms with van der Waals surface area (Å²) in [6, 6.07) is 0. The Bertz CT molecular complexity index is 450. The van der Waals surface area contributed by atoms with Gasteiger partial charge >= 0.3 is 0 Å². The standard InChI is InChI=1S/C15H26N4O2/c1-13(20)12-17-8-10-19(11-9-17)15(21)4-3-6-18-7-5-16-14(18)2/h5,7,13,20H,3-4,6,8-12H2,1-2H3. The maximum Gasteiger partial charge on any atom is 0.222 e. The van der Waals surface area contributed by atoms with Gasteiger partial charge in [0.15, 0.2) is 0 Å². The van der Waals surface area contributed by atoms with Crippen LogP contribution in [0.2, 0.25) is 0 Å². The number of aryl methyl sites for hydroxylation is 2. The van der Waals surface area contributed by atoms with Crippen molar-refractivity contribution >= 4 is 5.91 Å². The third-order valence-electron chi connectivity index (χ3n) is 3.96. The first kappa shape index (κ1) is 16.0. The smallest absolute Gasteiger partial charge is 0.222 e. The van der Waals surface area contributed by atoms with Crippen molar-refractivity contribution in [3.8, 4) is 0 Å². The van der Waals surface area contributed by atoms with Gasteiger partial charge in [0.2, 0.25) is 5.91 Å². The largest absolute Gasteiger partial charge is 0.392 e. The molecule has 0 spiro atoms. The number of hydrogen-bond donors (Lipinski definition) is 1. The molecule has 2 heterocycles. The minimum Gasteiger partial charge on any atom is -0.392 e. The zero-order chi connectivity index (χ0) is 15.2. The number of rotatable bonds is 6. The number of β-amino-alcohol motifs (C(OH)–C–C–N with tert-alkyl or cyclic N) is 1. The van der Waals surface area contributed by atoms with E-state index in [2.05, 4.69) is 14.5 Å². The van der Waals surface area contributed by atoms with E-state index in [9.17, 15) is 9.90 Å². The molecule has 21 heavy (non-hydrogen) atoms. The highest BCUT2D eigenvalue weighted by atomic mass is 16.3. The zero-order valence-corrected chi connectivity index (χ0v) is 13.0. The first-order valence-corrected chi connectivity index (χ1v) is 7.72. The molecule has 0 radical (unpaired) electrons. The van der Waals surface area contributed by atoms with E-state index >= 15 is 0 Å². The van der Waals surface area contributed by atoms with Gasteiger partial charge in [-0.2, -0.15) is 0 Å². The van der Waals surface area contributed by atoms with Crippen LogP contribution in [0.1, 0.15) is 25.6 Å². The van der Waals surface area contributed by atoms with E-state index < -0.39 is 0 Å². The Hall–Kier alpha value is -1.40. The van der Waals surface area contributed by atoms with Crippen molar-refractivity contribution < 1.29 is 9.90 Å². The number of aromatic nitrogens is 2. The molecule has 0 aliphatic carbocycles. The molecule has 1 amide bonds. The fraction of sp³-hybridized carbons (Fsp3) is 0.733. The molecular formula is C15H26N4O2. The van der Waals surface area contributed by atoms with Crippen LogP contribution in [-0.2, 0) is 11.3 Å². The van der Waals surface area contributed by atoms with Crippen LogP contribution in [0.4, 0.5) is 0 Å². The molecule has 2 rings (SSSR count). The number of imidazole rings is 1. The summed E-state index contributed by atoms with van der Waals surface area (Å²) in [5.41, 5.74) is 0. The van der Waals surface area contributed by atoms with E-state index in [1.54, 1.807) is 13.1 Å². The number of aliphatic hydroxyl groups is 1. The van der Waals surface area contributed by atoms with Gasteiger partial charge in [0.25, 0.3) is 0 Å². The highest BCUT2D eigenvalue weighted by Crippen LogP contribution is 2.07. The topological polar surface area (TPSA) is 61.6 Å². The van der Waals surface area contributed by atoms with Crippen LogP contribution in [0.15, 0.2) is 12.4 Å². The van der Waals surface area contributed by atoms with E-state index in [0.29, 0.717) is 13.0 Å². The number of hydrogen-bond acceptors (Lipinski definition) is 4. The number of nitrogens with zero attached hydrogens (tertiary/aromatic N) is 4. The van der Waals surface area contributed by atoms with Gasteiger partial charge < -0.3 is 14.6 Å².